The Bertz CT molecular complexity index is 602. The van der Waals surface area contributed by atoms with Crippen molar-refractivity contribution < 1.29 is 18.0 Å². The zero-order valence-electron chi connectivity index (χ0n) is 13.4. The van der Waals surface area contributed by atoms with Crippen molar-refractivity contribution in [1.29, 1.82) is 0 Å². The number of alkyl halides is 3. The van der Waals surface area contributed by atoms with Crippen LogP contribution in [0.1, 0.15) is 38.3 Å². The Labute approximate surface area is 145 Å². The van der Waals surface area contributed by atoms with Crippen LogP contribution in [0, 0.1) is 5.41 Å². The molecular weight excluding hydrogens is 343 g/mol. The number of piperidine rings is 1. The molecule has 24 heavy (non-hydrogen) atoms. The number of nitrogens with zero attached hydrogens (tertiary/aromatic N) is 2. The Morgan fingerprint density at radius 3 is 2.62 bits per heavy atom. The van der Waals surface area contributed by atoms with Gasteiger partial charge in [0, 0.05) is 29.8 Å². The van der Waals surface area contributed by atoms with E-state index < -0.39 is 11.9 Å². The number of anilines is 1. The van der Waals surface area contributed by atoms with Crippen LogP contribution in [0.3, 0.4) is 0 Å². The molecule has 3 heterocycles. The van der Waals surface area contributed by atoms with Crippen molar-refractivity contribution in [2.75, 3.05) is 18.0 Å². The summed E-state index contributed by atoms with van der Waals surface area (Å²) in [6, 6.07) is 2.43. The van der Waals surface area contributed by atoms with Gasteiger partial charge >= 0.3 is 6.18 Å². The van der Waals surface area contributed by atoms with Crippen LogP contribution in [-0.4, -0.2) is 30.0 Å². The largest absolute Gasteiger partial charge is 0.433 e. The normalized spacial score (nSPS) is 23.4. The predicted molar refractivity (Wildman–Crippen MR) is 87.2 cm³/mol. The molecule has 1 N–H and O–H groups in total. The van der Waals surface area contributed by atoms with Crippen molar-refractivity contribution >= 4 is 24.0 Å². The number of hydrogen-bond donors (Lipinski definition) is 1. The Morgan fingerprint density at radius 2 is 2.04 bits per heavy atom. The molecule has 2 aliphatic heterocycles. The number of rotatable bonds is 2. The Balaban J connectivity index is 0.00000208. The third-order valence-corrected chi connectivity index (χ3v) is 5.09. The van der Waals surface area contributed by atoms with E-state index in [1.165, 1.54) is 6.07 Å². The summed E-state index contributed by atoms with van der Waals surface area (Å²) in [6.07, 6.45) is -0.472. The second-order valence-corrected chi connectivity index (χ2v) is 6.37. The quantitative estimate of drug-likeness (QED) is 0.875. The zero-order valence-corrected chi connectivity index (χ0v) is 14.2. The van der Waals surface area contributed by atoms with E-state index in [0.717, 1.165) is 44.6 Å². The van der Waals surface area contributed by atoms with E-state index in [-0.39, 0.29) is 29.8 Å². The van der Waals surface area contributed by atoms with Crippen LogP contribution >= 0.6 is 12.4 Å². The third kappa shape index (κ3) is 3.24. The van der Waals surface area contributed by atoms with E-state index in [1.807, 2.05) is 6.92 Å². The molecule has 1 aromatic heterocycles. The lowest BCUT2D eigenvalue weighted by molar-refractivity contribution is -0.141. The lowest BCUT2D eigenvalue weighted by Gasteiger charge is -2.40. The van der Waals surface area contributed by atoms with E-state index in [9.17, 15) is 18.0 Å². The Kier molecular flexibility index (Phi) is 5.44. The summed E-state index contributed by atoms with van der Waals surface area (Å²) in [4.78, 5) is 17.5. The maximum Gasteiger partial charge on any atom is 0.433 e. The van der Waals surface area contributed by atoms with Crippen molar-refractivity contribution in [3.8, 4) is 0 Å². The molecule has 1 atom stereocenters. The molecule has 0 bridgehead atoms. The molecule has 1 amide bonds. The second-order valence-electron chi connectivity index (χ2n) is 6.37. The fourth-order valence-electron chi connectivity index (χ4n) is 4.05. The fraction of sp³-hybridized carbons (Fsp3) is 0.625. The number of hydrogen-bond acceptors (Lipinski definition) is 3. The summed E-state index contributed by atoms with van der Waals surface area (Å²) in [5, 5.41) is 3.29. The van der Waals surface area contributed by atoms with Gasteiger partial charge in [-0.2, -0.15) is 13.2 Å². The molecule has 134 valence electrons. The summed E-state index contributed by atoms with van der Waals surface area (Å²) in [5.74, 6) is -0.0851. The van der Waals surface area contributed by atoms with E-state index >= 15 is 0 Å². The summed E-state index contributed by atoms with van der Waals surface area (Å²) in [7, 11) is 0. The number of aromatic nitrogens is 1. The second kappa shape index (κ2) is 6.88. The molecule has 0 aliphatic carbocycles. The molecule has 1 spiro atoms. The lowest BCUT2D eigenvalue weighted by Crippen LogP contribution is -2.46. The highest BCUT2D eigenvalue weighted by molar-refractivity contribution is 5.97. The first-order valence-electron chi connectivity index (χ1n) is 7.93. The van der Waals surface area contributed by atoms with Crippen LogP contribution in [0.25, 0.3) is 0 Å². The smallest absolute Gasteiger partial charge is 0.317 e. The summed E-state index contributed by atoms with van der Waals surface area (Å²) in [6.45, 7) is 3.69. The number of amides is 1. The van der Waals surface area contributed by atoms with Crippen LogP contribution < -0.4 is 10.2 Å². The molecule has 3 rings (SSSR count). The molecule has 1 aromatic rings. The zero-order chi connectivity index (χ0) is 16.7. The van der Waals surface area contributed by atoms with Gasteiger partial charge in [0.1, 0.15) is 5.69 Å². The number of halogens is 4. The Morgan fingerprint density at radius 1 is 1.38 bits per heavy atom. The van der Waals surface area contributed by atoms with Crippen molar-refractivity contribution in [1.82, 2.24) is 10.3 Å². The van der Waals surface area contributed by atoms with Crippen LogP contribution in [0.5, 0.6) is 0 Å². The van der Waals surface area contributed by atoms with E-state index in [2.05, 4.69) is 10.3 Å². The van der Waals surface area contributed by atoms with Gasteiger partial charge in [0.05, 0.1) is 0 Å². The average Bonchev–Trinajstić information content (AvgIpc) is 2.78. The first-order chi connectivity index (χ1) is 10.9. The first-order valence-corrected chi connectivity index (χ1v) is 7.93. The molecule has 8 heteroatoms. The molecule has 0 saturated carbocycles. The summed E-state index contributed by atoms with van der Waals surface area (Å²) in [5.41, 5.74) is -0.776. The highest BCUT2D eigenvalue weighted by Crippen LogP contribution is 2.48. The van der Waals surface area contributed by atoms with Gasteiger partial charge in [-0.1, -0.05) is 6.92 Å². The maximum absolute atomic E-state index is 12.9. The van der Waals surface area contributed by atoms with E-state index in [1.54, 1.807) is 4.90 Å². The molecule has 2 fully saturated rings. The predicted octanol–water partition coefficient (Wildman–Crippen LogP) is 3.41. The standard InChI is InChI=1S/C16H20F3N3O.ClH/c1-2-13-15(4-7-20-8-5-15)10-14(23)22(13)11-3-6-21-12(9-11)16(17,18)19;/h3,6,9,13,20H,2,4-5,7-8,10H2,1H3;1H. The van der Waals surface area contributed by atoms with Crippen molar-refractivity contribution in [3.05, 3.63) is 24.0 Å². The van der Waals surface area contributed by atoms with Crippen molar-refractivity contribution in [2.45, 2.75) is 44.8 Å². The van der Waals surface area contributed by atoms with Crippen LogP contribution in [0.15, 0.2) is 18.3 Å². The minimum atomic E-state index is -4.51. The van der Waals surface area contributed by atoms with E-state index in [0.29, 0.717) is 12.1 Å². The molecule has 1 unspecified atom stereocenters. The van der Waals surface area contributed by atoms with Crippen molar-refractivity contribution in [2.24, 2.45) is 5.41 Å². The van der Waals surface area contributed by atoms with Gasteiger partial charge in [0.2, 0.25) is 5.91 Å². The van der Waals surface area contributed by atoms with Gasteiger partial charge < -0.3 is 10.2 Å². The lowest BCUT2D eigenvalue weighted by atomic mass is 9.72. The molecule has 0 aromatic carbocycles. The van der Waals surface area contributed by atoms with Crippen LogP contribution in [-0.2, 0) is 11.0 Å². The minimum Gasteiger partial charge on any atom is -0.317 e. The highest BCUT2D eigenvalue weighted by atomic mass is 35.5. The molecular formula is C16H21ClF3N3O. The monoisotopic (exact) mass is 363 g/mol. The van der Waals surface area contributed by atoms with Gasteiger partial charge in [-0.25, -0.2) is 0 Å². The van der Waals surface area contributed by atoms with E-state index in [4.69, 9.17) is 0 Å². The number of pyridine rings is 1. The SMILES string of the molecule is CCC1N(c2ccnc(C(F)(F)F)c2)C(=O)CC12CCNCC2.Cl. The van der Waals surface area contributed by atoms with Gasteiger partial charge in [0.15, 0.2) is 0 Å². The molecule has 0 radical (unpaired) electrons. The number of nitrogens with one attached hydrogen (secondary N) is 1. The average molecular weight is 364 g/mol. The summed E-state index contributed by atoms with van der Waals surface area (Å²) >= 11 is 0. The fourth-order valence-corrected chi connectivity index (χ4v) is 4.05. The van der Waals surface area contributed by atoms with Gasteiger partial charge in [-0.05, 0) is 44.5 Å². The number of carbonyl (C=O) groups is 1. The van der Waals surface area contributed by atoms with Crippen molar-refractivity contribution in [3.63, 3.8) is 0 Å². The van der Waals surface area contributed by atoms with Gasteiger partial charge in [0.25, 0.3) is 0 Å². The third-order valence-electron chi connectivity index (χ3n) is 5.09. The molecule has 2 aliphatic rings. The minimum absolute atomic E-state index is 0. The van der Waals surface area contributed by atoms with Gasteiger partial charge in [-0.15, -0.1) is 12.4 Å². The topological polar surface area (TPSA) is 45.2 Å². The molecule has 4 nitrogen and oxygen atoms in total. The summed E-state index contributed by atoms with van der Waals surface area (Å²) < 4.78 is 38.7. The highest BCUT2D eigenvalue weighted by Gasteiger charge is 2.51. The van der Waals surface area contributed by atoms with Crippen LogP contribution in [0.2, 0.25) is 0 Å². The molecule has 2 saturated heterocycles. The van der Waals surface area contributed by atoms with Gasteiger partial charge in [-0.3, -0.25) is 9.78 Å². The number of carbonyl (C=O) groups excluding carboxylic acids is 1. The Hall–Kier alpha value is -1.34. The maximum atomic E-state index is 12.9. The van der Waals surface area contributed by atoms with Crippen LogP contribution in [0.4, 0.5) is 18.9 Å². The first kappa shape index (κ1) is 19.0.